The van der Waals surface area contributed by atoms with Crippen molar-refractivity contribution >= 4 is 28.3 Å². The lowest BCUT2D eigenvalue weighted by Gasteiger charge is -2.39. The van der Waals surface area contributed by atoms with Gasteiger partial charge in [-0.25, -0.2) is 9.97 Å². The van der Waals surface area contributed by atoms with E-state index in [1.807, 2.05) is 4.90 Å². The number of fused-ring (bicyclic) bond motifs is 1. The van der Waals surface area contributed by atoms with Crippen LogP contribution in [-0.2, 0) is 15.1 Å². The molecule has 0 aromatic carbocycles. The maximum Gasteiger partial charge on any atom is 0.225 e. The minimum atomic E-state index is -0.970. The molecule has 2 aromatic heterocycles. The highest BCUT2D eigenvalue weighted by atomic mass is 35.5. The van der Waals surface area contributed by atoms with Crippen LogP contribution in [0.5, 0.6) is 5.88 Å². The van der Waals surface area contributed by atoms with Gasteiger partial charge in [0.05, 0.1) is 30.6 Å². The van der Waals surface area contributed by atoms with Crippen LogP contribution in [0.15, 0.2) is 23.6 Å². The quantitative estimate of drug-likeness (QED) is 0.297. The minimum absolute atomic E-state index is 0.114. The number of hydrogen-bond donors (Lipinski definition) is 0. The molecule has 0 spiro atoms. The fourth-order valence-corrected chi connectivity index (χ4v) is 3.75. The Kier molecular flexibility index (Phi) is 5.21. The van der Waals surface area contributed by atoms with Crippen molar-refractivity contribution < 1.29 is 14.3 Å². The average molecular weight is 417 g/mol. The minimum Gasteiger partial charge on any atom is -0.470 e. The van der Waals surface area contributed by atoms with Gasteiger partial charge in [-0.1, -0.05) is 16.7 Å². The summed E-state index contributed by atoms with van der Waals surface area (Å²) in [6.45, 7) is 3.06. The first kappa shape index (κ1) is 19.7. The lowest BCUT2D eigenvalue weighted by Crippen LogP contribution is -2.56. The van der Waals surface area contributed by atoms with E-state index in [0.717, 1.165) is 18.2 Å². The number of likely N-dealkylation sites (tertiary alicyclic amines) is 1. The molecule has 1 amide bonds. The van der Waals surface area contributed by atoms with Crippen molar-refractivity contribution in [2.24, 2.45) is 11.0 Å². The number of halogens is 1. The number of carbonyl (C=O) groups excluding carboxylic acids is 1. The van der Waals surface area contributed by atoms with Crippen LogP contribution in [0.3, 0.4) is 0 Å². The zero-order valence-corrected chi connectivity index (χ0v) is 17.0. The molecule has 29 heavy (non-hydrogen) atoms. The highest BCUT2D eigenvalue weighted by Crippen LogP contribution is 2.37. The molecule has 1 saturated carbocycles. The van der Waals surface area contributed by atoms with Gasteiger partial charge in [0, 0.05) is 30.3 Å². The van der Waals surface area contributed by atoms with Crippen molar-refractivity contribution in [1.29, 1.82) is 0 Å². The summed E-state index contributed by atoms with van der Waals surface area (Å²) in [5.74, 6) is 0.841. The number of nitrogens with zero attached hydrogens (tertiary/aromatic N) is 6. The van der Waals surface area contributed by atoms with Gasteiger partial charge in [0.2, 0.25) is 11.8 Å². The van der Waals surface area contributed by atoms with Crippen molar-refractivity contribution in [3.8, 4) is 5.88 Å². The second-order valence-electron chi connectivity index (χ2n) is 7.68. The van der Waals surface area contributed by atoms with Crippen molar-refractivity contribution in [2.45, 2.75) is 31.4 Å². The molecule has 2 aliphatic rings. The SMILES string of the molecule is COC[C@@](C)(N=[N+]=[N-])c1cnc(OC2CN(C(=O)C3CC3)C2)c2cnc(Cl)cc12. The Balaban J connectivity index is 1.63. The number of ether oxygens (including phenoxy) is 2. The number of aromatic nitrogens is 2. The van der Waals surface area contributed by atoms with E-state index >= 15 is 0 Å². The first-order chi connectivity index (χ1) is 13.9. The van der Waals surface area contributed by atoms with Crippen LogP contribution in [0, 0.1) is 5.92 Å². The van der Waals surface area contributed by atoms with Crippen molar-refractivity contribution in [2.75, 3.05) is 26.8 Å². The second kappa shape index (κ2) is 7.67. The van der Waals surface area contributed by atoms with Gasteiger partial charge in [0.25, 0.3) is 0 Å². The van der Waals surface area contributed by atoms with Crippen LogP contribution in [0.1, 0.15) is 25.3 Å². The standard InChI is InChI=1S/C19H21ClN6O3/c1-19(10-28-2,24-25-21)15-7-23-17(14-6-22-16(20)5-13(14)15)29-12-8-26(9-12)18(27)11-3-4-11/h5-7,11-12H,3-4,8-10H2,1-2H3/t19-/m1/s1. The fraction of sp³-hybridized carbons (Fsp3) is 0.526. The fourth-order valence-electron chi connectivity index (χ4n) is 3.59. The summed E-state index contributed by atoms with van der Waals surface area (Å²) in [6.07, 6.45) is 5.09. The summed E-state index contributed by atoms with van der Waals surface area (Å²) in [6, 6.07) is 1.70. The van der Waals surface area contributed by atoms with Crippen LogP contribution in [0.2, 0.25) is 5.15 Å². The van der Waals surface area contributed by atoms with E-state index in [2.05, 4.69) is 20.0 Å². The summed E-state index contributed by atoms with van der Waals surface area (Å²) in [5, 5.41) is 5.63. The van der Waals surface area contributed by atoms with E-state index in [4.69, 9.17) is 26.6 Å². The zero-order chi connectivity index (χ0) is 20.6. The average Bonchev–Trinajstić information content (AvgIpc) is 3.49. The Bertz CT molecular complexity index is 1000. The third-order valence-corrected chi connectivity index (χ3v) is 5.54. The highest BCUT2D eigenvalue weighted by molar-refractivity contribution is 6.30. The number of rotatable bonds is 7. The molecule has 4 rings (SSSR count). The normalized spacial score (nSPS) is 18.7. The Morgan fingerprint density at radius 3 is 2.79 bits per heavy atom. The molecule has 2 fully saturated rings. The van der Waals surface area contributed by atoms with Crippen LogP contribution in [0.4, 0.5) is 0 Å². The van der Waals surface area contributed by atoms with E-state index < -0.39 is 5.54 Å². The number of hydrogen-bond acceptors (Lipinski definition) is 6. The van der Waals surface area contributed by atoms with Gasteiger partial charge in [-0.05, 0) is 42.3 Å². The Morgan fingerprint density at radius 2 is 2.14 bits per heavy atom. The third kappa shape index (κ3) is 3.81. The molecule has 1 atom stereocenters. The van der Waals surface area contributed by atoms with Crippen LogP contribution >= 0.6 is 11.6 Å². The predicted molar refractivity (Wildman–Crippen MR) is 107 cm³/mol. The van der Waals surface area contributed by atoms with E-state index in [0.29, 0.717) is 35.1 Å². The number of methoxy groups -OCH3 is 1. The second-order valence-corrected chi connectivity index (χ2v) is 8.07. The molecule has 0 unspecified atom stereocenters. The van der Waals surface area contributed by atoms with Gasteiger partial charge in [0.15, 0.2) is 0 Å². The third-order valence-electron chi connectivity index (χ3n) is 5.34. The number of amides is 1. The monoisotopic (exact) mass is 416 g/mol. The molecule has 10 heteroatoms. The molecular formula is C19H21ClN6O3. The van der Waals surface area contributed by atoms with E-state index in [-0.39, 0.29) is 24.5 Å². The van der Waals surface area contributed by atoms with Crippen LogP contribution in [-0.4, -0.2) is 53.7 Å². The summed E-state index contributed by atoms with van der Waals surface area (Å²) in [4.78, 5) is 25.5. The van der Waals surface area contributed by atoms with Gasteiger partial charge < -0.3 is 14.4 Å². The topological polar surface area (TPSA) is 113 Å². The first-order valence-electron chi connectivity index (χ1n) is 9.40. The Labute approximate surface area is 172 Å². The van der Waals surface area contributed by atoms with E-state index in [1.165, 1.54) is 7.11 Å². The van der Waals surface area contributed by atoms with Gasteiger partial charge in [-0.3, -0.25) is 4.79 Å². The van der Waals surface area contributed by atoms with Gasteiger partial charge in [-0.15, -0.1) is 0 Å². The first-order valence-corrected chi connectivity index (χ1v) is 9.78. The molecule has 0 N–H and O–H groups in total. The van der Waals surface area contributed by atoms with Crippen molar-refractivity contribution in [3.05, 3.63) is 39.6 Å². The van der Waals surface area contributed by atoms with Gasteiger partial charge in [0.1, 0.15) is 11.3 Å². The molecule has 2 aromatic rings. The van der Waals surface area contributed by atoms with E-state index in [1.54, 1.807) is 25.4 Å². The van der Waals surface area contributed by atoms with Gasteiger partial charge >= 0.3 is 0 Å². The molecule has 3 heterocycles. The largest absolute Gasteiger partial charge is 0.470 e. The molecule has 152 valence electrons. The molecular weight excluding hydrogens is 396 g/mol. The maximum absolute atomic E-state index is 12.1. The summed E-state index contributed by atoms with van der Waals surface area (Å²) in [5.41, 5.74) is 8.73. The number of carbonyl (C=O) groups is 1. The molecule has 0 radical (unpaired) electrons. The van der Waals surface area contributed by atoms with Crippen molar-refractivity contribution in [1.82, 2.24) is 14.9 Å². The molecule has 9 nitrogen and oxygen atoms in total. The number of pyridine rings is 2. The molecule has 1 aliphatic heterocycles. The molecule has 1 aliphatic carbocycles. The Hall–Kier alpha value is -2.61. The van der Waals surface area contributed by atoms with Crippen LogP contribution < -0.4 is 4.74 Å². The van der Waals surface area contributed by atoms with Gasteiger partial charge in [-0.2, -0.15) is 0 Å². The zero-order valence-electron chi connectivity index (χ0n) is 16.2. The molecule has 1 saturated heterocycles. The highest BCUT2D eigenvalue weighted by Gasteiger charge is 2.40. The summed E-state index contributed by atoms with van der Waals surface area (Å²) in [7, 11) is 1.54. The number of azide groups is 1. The maximum atomic E-state index is 12.1. The molecule has 0 bridgehead atoms. The lowest BCUT2D eigenvalue weighted by atomic mass is 9.91. The van der Waals surface area contributed by atoms with Crippen LogP contribution in [0.25, 0.3) is 21.2 Å². The predicted octanol–water partition coefficient (Wildman–Crippen LogP) is 3.45. The lowest BCUT2D eigenvalue weighted by molar-refractivity contribution is -0.141. The summed E-state index contributed by atoms with van der Waals surface area (Å²) >= 11 is 6.13. The van der Waals surface area contributed by atoms with Crippen molar-refractivity contribution in [3.63, 3.8) is 0 Å². The van der Waals surface area contributed by atoms with E-state index in [9.17, 15) is 4.79 Å². The summed E-state index contributed by atoms with van der Waals surface area (Å²) < 4.78 is 11.3. The smallest absolute Gasteiger partial charge is 0.225 e. The Morgan fingerprint density at radius 1 is 1.38 bits per heavy atom.